The lowest BCUT2D eigenvalue weighted by Gasteiger charge is -2.09. The van der Waals surface area contributed by atoms with Gasteiger partial charge >= 0.3 is 11.9 Å². The molecule has 0 saturated carbocycles. The summed E-state index contributed by atoms with van der Waals surface area (Å²) < 4.78 is 9.63. The van der Waals surface area contributed by atoms with Crippen LogP contribution in [0.4, 0.5) is 0 Å². The highest BCUT2D eigenvalue weighted by Gasteiger charge is 2.02. The first-order chi connectivity index (χ1) is 7.56. The van der Waals surface area contributed by atoms with E-state index in [9.17, 15) is 9.59 Å². The largest absolute Gasteiger partial charge is 0.466 e. The maximum Gasteiger partial charge on any atom is 0.302 e. The zero-order chi connectivity index (χ0) is 12.4. The number of ether oxygens (including phenoxy) is 2. The van der Waals surface area contributed by atoms with Gasteiger partial charge in [0, 0.05) is 13.8 Å². The van der Waals surface area contributed by atoms with Crippen LogP contribution >= 0.6 is 0 Å². The number of hydrogen-bond donors (Lipinski definition) is 0. The molecule has 4 heteroatoms. The molecule has 0 aliphatic carbocycles. The fourth-order valence-electron chi connectivity index (χ4n) is 1.20. The van der Waals surface area contributed by atoms with Crippen molar-refractivity contribution in [2.24, 2.45) is 5.92 Å². The van der Waals surface area contributed by atoms with E-state index in [0.717, 1.165) is 12.8 Å². The summed E-state index contributed by atoms with van der Waals surface area (Å²) in [5, 5.41) is 0. The van der Waals surface area contributed by atoms with Crippen LogP contribution < -0.4 is 0 Å². The van der Waals surface area contributed by atoms with E-state index in [2.05, 4.69) is 6.92 Å². The molecular formula is C12H20O4. The Hall–Kier alpha value is -1.32. The Kier molecular flexibility index (Phi) is 8.21. The van der Waals surface area contributed by atoms with Crippen molar-refractivity contribution in [3.63, 3.8) is 0 Å². The van der Waals surface area contributed by atoms with Gasteiger partial charge in [0.2, 0.25) is 0 Å². The van der Waals surface area contributed by atoms with E-state index < -0.39 is 0 Å². The Labute approximate surface area is 96.6 Å². The molecule has 0 N–H and O–H groups in total. The van der Waals surface area contributed by atoms with E-state index >= 15 is 0 Å². The van der Waals surface area contributed by atoms with Gasteiger partial charge in [-0.25, -0.2) is 0 Å². The van der Waals surface area contributed by atoms with Crippen molar-refractivity contribution in [1.82, 2.24) is 0 Å². The van der Waals surface area contributed by atoms with Crippen molar-refractivity contribution in [1.29, 1.82) is 0 Å². The van der Waals surface area contributed by atoms with Crippen molar-refractivity contribution >= 4 is 11.9 Å². The highest BCUT2D eigenvalue weighted by molar-refractivity contribution is 5.66. The minimum absolute atomic E-state index is 0.251. The predicted octanol–water partition coefficient (Wildman–Crippen LogP) is 2.09. The minimum Gasteiger partial charge on any atom is -0.466 e. The standard InChI is InChI=1S/C12H20O4/c1-4-12(7-9-16-11(3)14)6-5-8-15-10(2)13/h5-6,12H,4,7-9H2,1-3H3. The van der Waals surface area contributed by atoms with E-state index in [0.29, 0.717) is 19.1 Å². The first-order valence-electron chi connectivity index (χ1n) is 5.49. The molecule has 16 heavy (non-hydrogen) atoms. The van der Waals surface area contributed by atoms with Gasteiger partial charge in [-0.15, -0.1) is 0 Å². The number of carbonyl (C=O) groups excluding carboxylic acids is 2. The van der Waals surface area contributed by atoms with Crippen LogP contribution in [0.5, 0.6) is 0 Å². The van der Waals surface area contributed by atoms with Crippen molar-refractivity contribution in [3.05, 3.63) is 12.2 Å². The van der Waals surface area contributed by atoms with E-state index in [1.807, 2.05) is 12.2 Å². The summed E-state index contributed by atoms with van der Waals surface area (Å²) in [5.41, 5.74) is 0. The lowest BCUT2D eigenvalue weighted by molar-refractivity contribution is -0.141. The van der Waals surface area contributed by atoms with Crippen LogP contribution in [0.1, 0.15) is 33.6 Å². The topological polar surface area (TPSA) is 52.6 Å². The molecule has 0 aliphatic heterocycles. The van der Waals surface area contributed by atoms with Gasteiger partial charge in [-0.2, -0.15) is 0 Å². The molecule has 1 unspecified atom stereocenters. The SMILES string of the molecule is CCC(C=CCOC(C)=O)CCOC(C)=O. The third kappa shape index (κ3) is 9.24. The molecule has 0 aromatic carbocycles. The van der Waals surface area contributed by atoms with Gasteiger partial charge in [0.25, 0.3) is 0 Å². The average Bonchev–Trinajstić information content (AvgIpc) is 2.20. The predicted molar refractivity (Wildman–Crippen MR) is 60.8 cm³/mol. The molecule has 0 fully saturated rings. The van der Waals surface area contributed by atoms with Crippen LogP contribution in [0.2, 0.25) is 0 Å². The third-order valence-corrected chi connectivity index (χ3v) is 2.11. The molecule has 0 heterocycles. The lowest BCUT2D eigenvalue weighted by atomic mass is 10.0. The second-order valence-electron chi connectivity index (χ2n) is 3.53. The average molecular weight is 228 g/mol. The highest BCUT2D eigenvalue weighted by Crippen LogP contribution is 2.10. The molecule has 92 valence electrons. The van der Waals surface area contributed by atoms with Crippen molar-refractivity contribution in [2.45, 2.75) is 33.6 Å². The van der Waals surface area contributed by atoms with Crippen molar-refractivity contribution in [2.75, 3.05) is 13.2 Å². The van der Waals surface area contributed by atoms with Gasteiger partial charge in [0.15, 0.2) is 0 Å². The fraction of sp³-hybridized carbons (Fsp3) is 0.667. The molecule has 0 rings (SSSR count). The number of allylic oxidation sites excluding steroid dienone is 1. The summed E-state index contributed by atoms with van der Waals surface area (Å²) >= 11 is 0. The summed E-state index contributed by atoms with van der Waals surface area (Å²) in [6, 6.07) is 0. The van der Waals surface area contributed by atoms with Gasteiger partial charge in [-0.1, -0.05) is 19.1 Å². The van der Waals surface area contributed by atoms with Gasteiger partial charge in [0.05, 0.1) is 6.61 Å². The summed E-state index contributed by atoms with van der Waals surface area (Å²) in [4.78, 5) is 21.0. The number of hydrogen-bond acceptors (Lipinski definition) is 4. The Balaban J connectivity index is 3.72. The highest BCUT2D eigenvalue weighted by atomic mass is 16.5. The number of esters is 2. The van der Waals surface area contributed by atoms with Crippen molar-refractivity contribution < 1.29 is 19.1 Å². The molecule has 0 amide bonds. The monoisotopic (exact) mass is 228 g/mol. The molecule has 0 spiro atoms. The van der Waals surface area contributed by atoms with Crippen molar-refractivity contribution in [3.8, 4) is 0 Å². The Morgan fingerprint density at radius 1 is 1.19 bits per heavy atom. The first kappa shape index (κ1) is 14.7. The smallest absolute Gasteiger partial charge is 0.302 e. The fourth-order valence-corrected chi connectivity index (χ4v) is 1.20. The molecule has 4 nitrogen and oxygen atoms in total. The minimum atomic E-state index is -0.280. The lowest BCUT2D eigenvalue weighted by Crippen LogP contribution is -2.06. The van der Waals surface area contributed by atoms with Gasteiger partial charge < -0.3 is 9.47 Å². The second-order valence-corrected chi connectivity index (χ2v) is 3.53. The summed E-state index contributed by atoms with van der Waals surface area (Å²) in [6.45, 7) is 5.59. The zero-order valence-electron chi connectivity index (χ0n) is 10.2. The number of carbonyl (C=O) groups is 2. The van der Waals surface area contributed by atoms with Crippen LogP contribution in [0.15, 0.2) is 12.2 Å². The van der Waals surface area contributed by atoms with E-state index in [4.69, 9.17) is 9.47 Å². The van der Waals surface area contributed by atoms with Gasteiger partial charge in [0.1, 0.15) is 6.61 Å². The Morgan fingerprint density at radius 2 is 1.81 bits per heavy atom. The summed E-state index contributed by atoms with van der Waals surface area (Å²) in [6.07, 6.45) is 5.58. The van der Waals surface area contributed by atoms with Crippen LogP contribution in [0.3, 0.4) is 0 Å². The number of rotatable bonds is 7. The molecule has 0 aliphatic rings. The molecule has 0 radical (unpaired) electrons. The van der Waals surface area contributed by atoms with E-state index in [1.165, 1.54) is 13.8 Å². The molecule has 0 aromatic heterocycles. The Bertz CT molecular complexity index is 245. The maximum absolute atomic E-state index is 10.6. The summed E-state index contributed by atoms with van der Waals surface area (Å²) in [7, 11) is 0. The molecule has 0 aromatic rings. The normalized spacial score (nSPS) is 12.4. The van der Waals surface area contributed by atoms with Crippen LogP contribution in [-0.4, -0.2) is 25.2 Å². The van der Waals surface area contributed by atoms with Crippen LogP contribution in [-0.2, 0) is 19.1 Å². The molecule has 0 bridgehead atoms. The van der Waals surface area contributed by atoms with E-state index in [-0.39, 0.29) is 11.9 Å². The van der Waals surface area contributed by atoms with Crippen LogP contribution in [0, 0.1) is 5.92 Å². The van der Waals surface area contributed by atoms with E-state index in [1.54, 1.807) is 0 Å². The zero-order valence-corrected chi connectivity index (χ0v) is 10.2. The van der Waals surface area contributed by atoms with Gasteiger partial charge in [-0.3, -0.25) is 9.59 Å². The second kappa shape index (κ2) is 8.95. The van der Waals surface area contributed by atoms with Crippen LogP contribution in [0.25, 0.3) is 0 Å². The van der Waals surface area contributed by atoms with Gasteiger partial charge in [-0.05, 0) is 18.8 Å². The third-order valence-electron chi connectivity index (χ3n) is 2.11. The summed E-state index contributed by atoms with van der Waals surface area (Å²) in [5.74, 6) is -0.175. The first-order valence-corrected chi connectivity index (χ1v) is 5.49. The quantitative estimate of drug-likeness (QED) is 0.494. The molecular weight excluding hydrogens is 208 g/mol. The molecule has 0 saturated heterocycles. The maximum atomic E-state index is 10.6. The molecule has 1 atom stereocenters. The Morgan fingerprint density at radius 3 is 2.31 bits per heavy atom.